The molecule has 0 unspecified atom stereocenters. The fraction of sp³-hybridized carbons (Fsp3) is 0.556. The summed E-state index contributed by atoms with van der Waals surface area (Å²) in [5.74, 6) is -2.38. The summed E-state index contributed by atoms with van der Waals surface area (Å²) in [5, 5.41) is 36.4. The third-order valence-corrected chi connectivity index (χ3v) is 3.75. The van der Waals surface area contributed by atoms with Crippen LogP contribution in [0.5, 0.6) is 0 Å². The third kappa shape index (κ3) is 7.09. The maximum atomic E-state index is 11.7. The minimum absolute atomic E-state index is 0.00742. The number of benzene rings is 1. The van der Waals surface area contributed by atoms with Crippen LogP contribution in [0.3, 0.4) is 0 Å². The lowest BCUT2D eigenvalue weighted by molar-refractivity contribution is 0.0691. The largest absolute Gasteiger partial charge is 0.478 e. The van der Waals surface area contributed by atoms with Crippen LogP contribution in [0.25, 0.3) is 0 Å². The SMILES string of the molecule is O=C(O)c1ccc(CCOCCCO)c(C(=O)O)c1CCOCCCO. The molecule has 0 saturated heterocycles. The first-order valence-corrected chi connectivity index (χ1v) is 8.51. The number of carbonyl (C=O) groups is 2. The normalized spacial score (nSPS) is 10.8. The summed E-state index contributed by atoms with van der Waals surface area (Å²) in [5.41, 5.74) is 0.637. The topological polar surface area (TPSA) is 134 Å². The molecule has 8 heteroatoms. The molecule has 0 aliphatic carbocycles. The fourth-order valence-corrected chi connectivity index (χ4v) is 2.52. The van der Waals surface area contributed by atoms with Crippen molar-refractivity contribution in [1.29, 1.82) is 0 Å². The van der Waals surface area contributed by atoms with Gasteiger partial charge in [0, 0.05) is 26.4 Å². The van der Waals surface area contributed by atoms with Crippen LogP contribution in [0.4, 0.5) is 0 Å². The Labute approximate surface area is 152 Å². The van der Waals surface area contributed by atoms with Crippen molar-refractivity contribution in [3.63, 3.8) is 0 Å². The number of carboxylic acids is 2. The zero-order valence-corrected chi connectivity index (χ0v) is 14.6. The van der Waals surface area contributed by atoms with Gasteiger partial charge in [-0.05, 0) is 42.9 Å². The molecule has 26 heavy (non-hydrogen) atoms. The summed E-state index contributed by atoms with van der Waals surface area (Å²) >= 11 is 0. The van der Waals surface area contributed by atoms with Gasteiger partial charge in [-0.25, -0.2) is 9.59 Å². The van der Waals surface area contributed by atoms with Gasteiger partial charge in [-0.1, -0.05) is 6.07 Å². The van der Waals surface area contributed by atoms with Gasteiger partial charge in [0.05, 0.1) is 24.3 Å². The molecule has 0 aliphatic heterocycles. The van der Waals surface area contributed by atoms with Crippen molar-refractivity contribution >= 4 is 11.9 Å². The Kier molecular flexibility index (Phi) is 10.5. The maximum absolute atomic E-state index is 11.7. The van der Waals surface area contributed by atoms with Gasteiger partial charge in [-0.3, -0.25) is 0 Å². The first-order valence-electron chi connectivity index (χ1n) is 8.51. The lowest BCUT2D eigenvalue weighted by Gasteiger charge is -2.15. The van der Waals surface area contributed by atoms with Crippen molar-refractivity contribution in [2.24, 2.45) is 0 Å². The van der Waals surface area contributed by atoms with Gasteiger partial charge in [-0.15, -0.1) is 0 Å². The van der Waals surface area contributed by atoms with Crippen molar-refractivity contribution < 1.29 is 39.5 Å². The lowest BCUT2D eigenvalue weighted by atomic mass is 9.92. The number of hydrogen-bond acceptors (Lipinski definition) is 6. The van der Waals surface area contributed by atoms with Gasteiger partial charge in [0.15, 0.2) is 0 Å². The second-order valence-electron chi connectivity index (χ2n) is 5.62. The van der Waals surface area contributed by atoms with Crippen molar-refractivity contribution in [3.05, 3.63) is 34.4 Å². The van der Waals surface area contributed by atoms with E-state index in [0.29, 0.717) is 38.0 Å². The molecule has 8 nitrogen and oxygen atoms in total. The number of aliphatic hydroxyl groups excluding tert-OH is 2. The molecule has 0 radical (unpaired) electrons. The molecule has 0 fully saturated rings. The summed E-state index contributed by atoms with van der Waals surface area (Å²) in [4.78, 5) is 23.2. The van der Waals surface area contributed by atoms with E-state index in [9.17, 15) is 19.8 Å². The molecule has 0 atom stereocenters. The second-order valence-corrected chi connectivity index (χ2v) is 5.62. The fourth-order valence-electron chi connectivity index (χ4n) is 2.52. The zero-order valence-electron chi connectivity index (χ0n) is 14.6. The summed E-state index contributed by atoms with van der Waals surface area (Å²) < 4.78 is 10.7. The highest BCUT2D eigenvalue weighted by molar-refractivity contribution is 5.97. The molecular formula is C18H26O8. The number of ether oxygens (including phenoxy) is 2. The smallest absolute Gasteiger partial charge is 0.336 e. The van der Waals surface area contributed by atoms with Crippen LogP contribution in [-0.4, -0.2) is 72.0 Å². The predicted octanol–water partition coefficient (Wildman–Crippen LogP) is 0.966. The van der Waals surface area contributed by atoms with Gasteiger partial charge in [-0.2, -0.15) is 0 Å². The van der Waals surface area contributed by atoms with Crippen LogP contribution in [0, 0.1) is 0 Å². The van der Waals surface area contributed by atoms with E-state index >= 15 is 0 Å². The Morgan fingerprint density at radius 3 is 1.88 bits per heavy atom. The highest BCUT2D eigenvalue weighted by Crippen LogP contribution is 2.22. The second kappa shape index (κ2) is 12.4. The zero-order chi connectivity index (χ0) is 19.4. The molecule has 0 aromatic heterocycles. The van der Waals surface area contributed by atoms with Crippen LogP contribution in [0.15, 0.2) is 12.1 Å². The van der Waals surface area contributed by atoms with Gasteiger partial charge in [0.25, 0.3) is 0 Å². The molecule has 0 spiro atoms. The summed E-state index contributed by atoms with van der Waals surface area (Å²) in [6, 6.07) is 2.90. The minimum atomic E-state index is -1.19. The van der Waals surface area contributed by atoms with E-state index in [-0.39, 0.29) is 49.5 Å². The van der Waals surface area contributed by atoms with Crippen LogP contribution in [0.1, 0.15) is 44.7 Å². The van der Waals surface area contributed by atoms with Crippen molar-refractivity contribution in [1.82, 2.24) is 0 Å². The first-order chi connectivity index (χ1) is 12.5. The Hall–Kier alpha value is -2.00. The van der Waals surface area contributed by atoms with E-state index in [1.807, 2.05) is 0 Å². The number of carboxylic acid groups (broad SMARTS) is 2. The Balaban J connectivity index is 2.95. The third-order valence-electron chi connectivity index (χ3n) is 3.75. The minimum Gasteiger partial charge on any atom is -0.478 e. The van der Waals surface area contributed by atoms with Crippen molar-refractivity contribution in [2.45, 2.75) is 25.7 Å². The van der Waals surface area contributed by atoms with Crippen molar-refractivity contribution in [3.8, 4) is 0 Å². The number of hydrogen-bond donors (Lipinski definition) is 4. The first kappa shape index (κ1) is 22.0. The average Bonchev–Trinajstić information content (AvgIpc) is 2.60. The average molecular weight is 370 g/mol. The van der Waals surface area contributed by atoms with Crippen LogP contribution in [0.2, 0.25) is 0 Å². The monoisotopic (exact) mass is 370 g/mol. The molecule has 0 heterocycles. The van der Waals surface area contributed by atoms with Gasteiger partial charge in [0.1, 0.15) is 0 Å². The molecular weight excluding hydrogens is 344 g/mol. The van der Waals surface area contributed by atoms with E-state index in [1.54, 1.807) is 0 Å². The molecule has 0 saturated carbocycles. The molecule has 0 bridgehead atoms. The van der Waals surface area contributed by atoms with Gasteiger partial charge in [0.2, 0.25) is 0 Å². The van der Waals surface area contributed by atoms with E-state index in [4.69, 9.17) is 19.7 Å². The number of aliphatic hydroxyl groups is 2. The van der Waals surface area contributed by atoms with Crippen molar-refractivity contribution in [2.75, 3.05) is 39.6 Å². The Morgan fingerprint density at radius 1 is 0.808 bits per heavy atom. The summed E-state index contributed by atoms with van der Waals surface area (Å²) in [6.07, 6.45) is 1.43. The highest BCUT2D eigenvalue weighted by atomic mass is 16.5. The summed E-state index contributed by atoms with van der Waals surface area (Å²) in [6.45, 7) is 1.15. The van der Waals surface area contributed by atoms with Crippen LogP contribution in [-0.2, 0) is 22.3 Å². The van der Waals surface area contributed by atoms with E-state index in [1.165, 1.54) is 12.1 Å². The van der Waals surface area contributed by atoms with E-state index in [2.05, 4.69) is 0 Å². The molecule has 0 amide bonds. The number of aromatic carboxylic acids is 2. The molecule has 146 valence electrons. The van der Waals surface area contributed by atoms with Crippen LogP contribution < -0.4 is 0 Å². The molecule has 1 aromatic carbocycles. The highest BCUT2D eigenvalue weighted by Gasteiger charge is 2.22. The van der Waals surface area contributed by atoms with Gasteiger partial charge < -0.3 is 29.9 Å². The van der Waals surface area contributed by atoms with E-state index in [0.717, 1.165) is 0 Å². The molecule has 4 N–H and O–H groups in total. The summed E-state index contributed by atoms with van der Waals surface area (Å²) in [7, 11) is 0. The maximum Gasteiger partial charge on any atom is 0.336 e. The Morgan fingerprint density at radius 2 is 1.38 bits per heavy atom. The molecule has 1 aromatic rings. The quantitative estimate of drug-likeness (QED) is 0.356. The molecule has 1 rings (SSSR count). The van der Waals surface area contributed by atoms with E-state index < -0.39 is 11.9 Å². The molecule has 0 aliphatic rings. The standard InChI is InChI=1S/C18H26O8/c19-7-1-9-25-11-5-13-3-4-15(17(21)22)14(16(13)18(23)24)6-12-26-10-2-8-20/h3-4,19-20H,1-2,5-12H2,(H,21,22)(H,23,24). The van der Waals surface area contributed by atoms with Crippen LogP contribution >= 0.6 is 0 Å². The predicted molar refractivity (Wildman–Crippen MR) is 92.8 cm³/mol. The Bertz CT molecular complexity index is 585. The van der Waals surface area contributed by atoms with Gasteiger partial charge >= 0.3 is 11.9 Å². The lowest BCUT2D eigenvalue weighted by Crippen LogP contribution is -2.16. The number of rotatable bonds is 14.